The third-order valence-electron chi connectivity index (χ3n) is 3.26. The summed E-state index contributed by atoms with van der Waals surface area (Å²) in [5.74, 6) is 1.32. The summed E-state index contributed by atoms with van der Waals surface area (Å²) in [6.45, 7) is 0. The van der Waals surface area contributed by atoms with E-state index in [0.29, 0.717) is 17.8 Å². The number of halogens is 1. The molecule has 0 aliphatic heterocycles. The number of hydrogen-bond acceptors (Lipinski definition) is 2. The van der Waals surface area contributed by atoms with E-state index in [9.17, 15) is 10.2 Å². The van der Waals surface area contributed by atoms with Crippen molar-refractivity contribution in [2.24, 2.45) is 17.8 Å². The Morgan fingerprint density at radius 1 is 1.18 bits per heavy atom. The summed E-state index contributed by atoms with van der Waals surface area (Å²) in [6, 6.07) is 0. The van der Waals surface area contributed by atoms with Crippen molar-refractivity contribution in [1.82, 2.24) is 0 Å². The smallest absolute Gasteiger partial charge is 0.0832 e. The second-order valence-corrected chi connectivity index (χ2v) is 4.44. The van der Waals surface area contributed by atoms with Crippen LogP contribution in [0, 0.1) is 17.8 Å². The molecule has 2 aliphatic rings. The highest BCUT2D eigenvalue weighted by atomic mass is 79.9. The molecule has 0 spiro atoms. The van der Waals surface area contributed by atoms with Gasteiger partial charge in [-0.3, -0.25) is 0 Å². The maximum Gasteiger partial charge on any atom is 0.0832 e. The van der Waals surface area contributed by atoms with Crippen LogP contribution in [0.1, 0.15) is 12.8 Å². The molecule has 0 aromatic carbocycles. The molecule has 2 bridgehead atoms. The summed E-state index contributed by atoms with van der Waals surface area (Å²) in [7, 11) is 0. The molecule has 0 aromatic heterocycles. The molecular weight excluding hydrogens is 208 g/mol. The first-order valence-electron chi connectivity index (χ1n) is 4.16. The maximum absolute atomic E-state index is 9.52. The van der Waals surface area contributed by atoms with E-state index in [1.165, 1.54) is 0 Å². The fraction of sp³-hybridized carbons (Fsp3) is 1.00. The van der Waals surface area contributed by atoms with Crippen LogP contribution in [0.4, 0.5) is 0 Å². The Morgan fingerprint density at radius 3 is 2.36 bits per heavy atom. The zero-order chi connectivity index (χ0) is 8.01. The van der Waals surface area contributed by atoms with Gasteiger partial charge in [0.2, 0.25) is 0 Å². The van der Waals surface area contributed by atoms with Crippen molar-refractivity contribution in [3.8, 4) is 0 Å². The lowest BCUT2D eigenvalue weighted by molar-refractivity contribution is -0.0300. The number of fused-ring (bicyclic) bond motifs is 2. The lowest BCUT2D eigenvalue weighted by Gasteiger charge is -2.28. The minimum Gasteiger partial charge on any atom is -0.390 e. The predicted molar refractivity (Wildman–Crippen MR) is 45.5 cm³/mol. The monoisotopic (exact) mass is 220 g/mol. The van der Waals surface area contributed by atoms with Crippen LogP contribution in [0.15, 0.2) is 0 Å². The van der Waals surface area contributed by atoms with E-state index in [0.717, 1.165) is 18.2 Å². The molecule has 11 heavy (non-hydrogen) atoms. The van der Waals surface area contributed by atoms with Crippen molar-refractivity contribution in [3.63, 3.8) is 0 Å². The van der Waals surface area contributed by atoms with E-state index in [1.54, 1.807) is 0 Å². The molecule has 3 heteroatoms. The first kappa shape index (κ1) is 8.02. The Balaban J connectivity index is 2.10. The normalized spacial score (nSPS) is 55.4. The van der Waals surface area contributed by atoms with E-state index < -0.39 is 12.2 Å². The largest absolute Gasteiger partial charge is 0.390 e. The highest BCUT2D eigenvalue weighted by Crippen LogP contribution is 2.48. The number of alkyl halides is 1. The molecular formula is C8H13BrO2. The van der Waals surface area contributed by atoms with Crippen molar-refractivity contribution >= 4 is 15.9 Å². The number of rotatable bonds is 1. The van der Waals surface area contributed by atoms with Gasteiger partial charge < -0.3 is 10.2 Å². The molecule has 0 heterocycles. The molecule has 2 N–H and O–H groups in total. The second-order valence-electron chi connectivity index (χ2n) is 3.79. The van der Waals surface area contributed by atoms with E-state index >= 15 is 0 Å². The SMILES string of the molecule is O[C@@H]1[C@@H](O)[C@H]2C[C@H](CBr)[C@@H]1C2. The molecule has 64 valence electrons. The number of hydrogen-bond donors (Lipinski definition) is 2. The quantitative estimate of drug-likeness (QED) is 0.642. The third-order valence-corrected chi connectivity index (χ3v) is 4.09. The van der Waals surface area contributed by atoms with E-state index in [1.807, 2.05) is 0 Å². The molecule has 0 amide bonds. The van der Waals surface area contributed by atoms with Gasteiger partial charge in [-0.25, -0.2) is 0 Å². The van der Waals surface area contributed by atoms with E-state index in [-0.39, 0.29) is 0 Å². The highest BCUT2D eigenvalue weighted by molar-refractivity contribution is 9.09. The number of aliphatic hydroxyl groups is 2. The lowest BCUT2D eigenvalue weighted by Crippen LogP contribution is -2.36. The molecule has 0 radical (unpaired) electrons. The standard InChI is InChI=1S/C8H13BrO2/c9-3-5-1-4-2-6(5)8(11)7(4)10/h4-8,10-11H,1-3H2/t4-,5+,6-,7-,8-/m0/s1. The minimum atomic E-state index is -0.448. The van der Waals surface area contributed by atoms with Crippen LogP contribution >= 0.6 is 15.9 Å². The van der Waals surface area contributed by atoms with Gasteiger partial charge in [-0.1, -0.05) is 15.9 Å². The molecule has 2 nitrogen and oxygen atoms in total. The summed E-state index contributed by atoms with van der Waals surface area (Å²) in [5, 5.41) is 19.9. The highest BCUT2D eigenvalue weighted by Gasteiger charge is 2.50. The minimum absolute atomic E-state index is 0.356. The Hall–Kier alpha value is 0.400. The van der Waals surface area contributed by atoms with Gasteiger partial charge in [0.1, 0.15) is 0 Å². The average molecular weight is 221 g/mol. The molecule has 0 saturated heterocycles. The van der Waals surface area contributed by atoms with Gasteiger partial charge in [-0.05, 0) is 30.6 Å². The van der Waals surface area contributed by atoms with Gasteiger partial charge in [-0.2, -0.15) is 0 Å². The lowest BCUT2D eigenvalue weighted by atomic mass is 9.86. The van der Waals surface area contributed by atoms with Crippen molar-refractivity contribution in [2.75, 3.05) is 5.33 Å². The second kappa shape index (κ2) is 2.71. The van der Waals surface area contributed by atoms with Crippen LogP contribution in [0.5, 0.6) is 0 Å². The van der Waals surface area contributed by atoms with Gasteiger partial charge in [0.05, 0.1) is 12.2 Å². The zero-order valence-electron chi connectivity index (χ0n) is 6.28. The summed E-state index contributed by atoms with van der Waals surface area (Å²) >= 11 is 3.43. The Morgan fingerprint density at radius 2 is 1.91 bits per heavy atom. The topological polar surface area (TPSA) is 40.5 Å². The molecule has 2 aliphatic carbocycles. The first-order chi connectivity index (χ1) is 5.24. The van der Waals surface area contributed by atoms with Gasteiger partial charge in [0.15, 0.2) is 0 Å². The van der Waals surface area contributed by atoms with E-state index in [2.05, 4.69) is 15.9 Å². The Bertz CT molecular complexity index is 156. The molecule has 2 rings (SSSR count). The van der Waals surface area contributed by atoms with Crippen LogP contribution in [-0.2, 0) is 0 Å². The van der Waals surface area contributed by atoms with Crippen LogP contribution in [-0.4, -0.2) is 27.8 Å². The molecule has 2 fully saturated rings. The van der Waals surface area contributed by atoms with Crippen molar-refractivity contribution in [2.45, 2.75) is 25.0 Å². The maximum atomic E-state index is 9.52. The first-order valence-corrected chi connectivity index (χ1v) is 5.28. The summed E-state index contributed by atoms with van der Waals surface area (Å²) < 4.78 is 0. The van der Waals surface area contributed by atoms with E-state index in [4.69, 9.17) is 0 Å². The zero-order valence-corrected chi connectivity index (χ0v) is 7.87. The van der Waals surface area contributed by atoms with Gasteiger partial charge >= 0.3 is 0 Å². The average Bonchev–Trinajstić information content (AvgIpc) is 2.53. The fourth-order valence-electron chi connectivity index (χ4n) is 2.61. The number of aliphatic hydroxyl groups excluding tert-OH is 2. The predicted octanol–water partition coefficient (Wildman–Crippen LogP) is 0.759. The fourth-order valence-corrected chi connectivity index (χ4v) is 3.35. The Kier molecular flexibility index (Phi) is 1.98. The van der Waals surface area contributed by atoms with Gasteiger partial charge in [-0.15, -0.1) is 0 Å². The van der Waals surface area contributed by atoms with Crippen molar-refractivity contribution in [1.29, 1.82) is 0 Å². The van der Waals surface area contributed by atoms with Gasteiger partial charge in [0, 0.05) is 5.33 Å². The van der Waals surface area contributed by atoms with Gasteiger partial charge in [0.25, 0.3) is 0 Å². The van der Waals surface area contributed by atoms with Crippen molar-refractivity contribution in [3.05, 3.63) is 0 Å². The molecule has 2 saturated carbocycles. The summed E-state index contributed by atoms with van der Waals surface area (Å²) in [4.78, 5) is 0. The van der Waals surface area contributed by atoms with Crippen LogP contribution in [0.25, 0.3) is 0 Å². The molecule has 0 aromatic rings. The molecule has 0 unspecified atom stereocenters. The molecule has 5 atom stereocenters. The Labute approximate surface area is 74.7 Å². The summed E-state index contributed by atoms with van der Waals surface area (Å²) in [6.07, 6.45) is 1.24. The third kappa shape index (κ3) is 1.05. The van der Waals surface area contributed by atoms with Crippen molar-refractivity contribution < 1.29 is 10.2 Å². The van der Waals surface area contributed by atoms with Crippen LogP contribution < -0.4 is 0 Å². The van der Waals surface area contributed by atoms with Crippen LogP contribution in [0.3, 0.4) is 0 Å². The summed E-state index contributed by atoms with van der Waals surface area (Å²) in [5.41, 5.74) is 0. The van der Waals surface area contributed by atoms with Crippen LogP contribution in [0.2, 0.25) is 0 Å².